The molecule has 0 saturated carbocycles. The van der Waals surface area contributed by atoms with E-state index in [0.717, 1.165) is 23.7 Å². The van der Waals surface area contributed by atoms with Crippen molar-refractivity contribution in [2.75, 3.05) is 37.7 Å². The van der Waals surface area contributed by atoms with Crippen LogP contribution in [0.15, 0.2) is 46.8 Å². The molecule has 1 amide bonds. The first-order valence-corrected chi connectivity index (χ1v) is 10.1. The third kappa shape index (κ3) is 4.66. The van der Waals surface area contributed by atoms with Gasteiger partial charge in [-0.15, -0.1) is 11.3 Å². The summed E-state index contributed by atoms with van der Waals surface area (Å²) in [5.74, 6) is 0.388. The van der Waals surface area contributed by atoms with E-state index in [1.165, 1.54) is 17.1 Å². The summed E-state index contributed by atoms with van der Waals surface area (Å²) in [6.45, 7) is 3.26. The van der Waals surface area contributed by atoms with Crippen molar-refractivity contribution >= 4 is 23.1 Å². The molecule has 0 radical (unpaired) electrons. The van der Waals surface area contributed by atoms with Crippen LogP contribution in [0, 0.1) is 0 Å². The van der Waals surface area contributed by atoms with Crippen LogP contribution in [0.25, 0.3) is 10.6 Å². The maximum atomic E-state index is 12.5. The normalized spacial score (nSPS) is 14.0. The third-order valence-corrected chi connectivity index (χ3v) is 5.36. The summed E-state index contributed by atoms with van der Waals surface area (Å²) in [5, 5.41) is 9.13. The van der Waals surface area contributed by atoms with Crippen molar-refractivity contribution in [1.82, 2.24) is 25.1 Å². The summed E-state index contributed by atoms with van der Waals surface area (Å²) in [6.07, 6.45) is 1.39. The van der Waals surface area contributed by atoms with E-state index in [4.69, 9.17) is 4.74 Å². The van der Waals surface area contributed by atoms with Crippen LogP contribution >= 0.6 is 11.3 Å². The summed E-state index contributed by atoms with van der Waals surface area (Å²) >= 11 is 1.56. The number of hydrogen-bond donors (Lipinski definition) is 1. The number of hydrogen-bond acceptors (Lipinski definition) is 8. The minimum absolute atomic E-state index is 0.212. The fourth-order valence-electron chi connectivity index (χ4n) is 2.97. The van der Waals surface area contributed by atoms with Gasteiger partial charge in [-0.05, 0) is 17.5 Å². The molecule has 1 saturated heterocycles. The van der Waals surface area contributed by atoms with Crippen molar-refractivity contribution in [1.29, 1.82) is 0 Å². The highest BCUT2D eigenvalue weighted by atomic mass is 32.1. The summed E-state index contributed by atoms with van der Waals surface area (Å²) in [7, 11) is 0. The molecule has 3 aromatic rings. The molecule has 1 N–H and O–H groups in total. The molecule has 29 heavy (non-hydrogen) atoms. The van der Waals surface area contributed by atoms with Gasteiger partial charge in [0.15, 0.2) is 0 Å². The fraction of sp³-hybridized carbons (Fsp3) is 0.316. The van der Waals surface area contributed by atoms with E-state index < -0.39 is 0 Å². The van der Waals surface area contributed by atoms with Crippen LogP contribution in [0.5, 0.6) is 0 Å². The van der Waals surface area contributed by atoms with Gasteiger partial charge in [0, 0.05) is 31.8 Å². The SMILES string of the molecule is O=C(NCCn1nc(-c2cccs2)ccc1=O)c1cc(N2CCOCC2)ncn1. The van der Waals surface area contributed by atoms with Crippen LogP contribution in [0.3, 0.4) is 0 Å². The lowest BCUT2D eigenvalue weighted by Crippen LogP contribution is -2.37. The molecule has 0 unspecified atom stereocenters. The topological polar surface area (TPSA) is 102 Å². The van der Waals surface area contributed by atoms with E-state index in [2.05, 4.69) is 25.3 Å². The van der Waals surface area contributed by atoms with Gasteiger partial charge in [-0.1, -0.05) is 6.07 Å². The minimum Gasteiger partial charge on any atom is -0.378 e. The minimum atomic E-state index is -0.315. The molecule has 0 bridgehead atoms. The van der Waals surface area contributed by atoms with Gasteiger partial charge in [-0.2, -0.15) is 5.10 Å². The molecule has 1 aliphatic rings. The smallest absolute Gasteiger partial charge is 0.270 e. The molecule has 1 fully saturated rings. The Labute approximate surface area is 171 Å². The number of nitrogens with zero attached hydrogens (tertiary/aromatic N) is 5. The van der Waals surface area contributed by atoms with Gasteiger partial charge in [0.05, 0.1) is 24.6 Å². The Morgan fingerprint density at radius 3 is 2.86 bits per heavy atom. The van der Waals surface area contributed by atoms with Crippen molar-refractivity contribution < 1.29 is 9.53 Å². The van der Waals surface area contributed by atoms with Crippen molar-refractivity contribution in [3.8, 4) is 10.6 Å². The first-order valence-electron chi connectivity index (χ1n) is 9.26. The summed E-state index contributed by atoms with van der Waals surface area (Å²) in [6, 6.07) is 8.75. The van der Waals surface area contributed by atoms with Crippen molar-refractivity contribution in [3.05, 3.63) is 58.1 Å². The molecule has 10 heteroatoms. The summed E-state index contributed by atoms with van der Waals surface area (Å²) in [5.41, 5.74) is 0.808. The highest BCUT2D eigenvalue weighted by Crippen LogP contribution is 2.21. The van der Waals surface area contributed by atoms with Gasteiger partial charge < -0.3 is 15.0 Å². The standard InChI is InChI=1S/C19H20N6O3S/c26-18-4-3-14(16-2-1-11-29-16)23-25(18)6-5-20-19(27)15-12-17(22-13-21-15)24-7-9-28-10-8-24/h1-4,11-13H,5-10H2,(H,20,27). The Morgan fingerprint density at radius 2 is 2.07 bits per heavy atom. The molecule has 4 heterocycles. The second-order valence-electron chi connectivity index (χ2n) is 6.37. The lowest BCUT2D eigenvalue weighted by molar-refractivity contribution is 0.0946. The Kier molecular flexibility index (Phi) is 5.92. The van der Waals surface area contributed by atoms with E-state index in [1.54, 1.807) is 23.5 Å². The average molecular weight is 412 g/mol. The Balaban J connectivity index is 1.38. The van der Waals surface area contributed by atoms with Crippen LogP contribution < -0.4 is 15.8 Å². The number of rotatable bonds is 6. The van der Waals surface area contributed by atoms with Gasteiger partial charge in [-0.3, -0.25) is 9.59 Å². The molecular weight excluding hydrogens is 392 g/mol. The molecule has 1 aliphatic heterocycles. The molecule has 3 aromatic heterocycles. The first kappa shape index (κ1) is 19.2. The highest BCUT2D eigenvalue weighted by molar-refractivity contribution is 7.13. The number of aromatic nitrogens is 4. The van der Waals surface area contributed by atoms with Crippen LogP contribution in [0.1, 0.15) is 10.5 Å². The predicted molar refractivity (Wildman–Crippen MR) is 109 cm³/mol. The first-order chi connectivity index (χ1) is 14.2. The van der Waals surface area contributed by atoms with Crippen molar-refractivity contribution in [2.24, 2.45) is 0 Å². The van der Waals surface area contributed by atoms with Gasteiger partial charge in [0.2, 0.25) is 0 Å². The number of morpholine rings is 1. The molecule has 9 nitrogen and oxygen atoms in total. The third-order valence-electron chi connectivity index (χ3n) is 4.47. The largest absolute Gasteiger partial charge is 0.378 e. The molecule has 150 valence electrons. The monoisotopic (exact) mass is 412 g/mol. The number of amides is 1. The highest BCUT2D eigenvalue weighted by Gasteiger charge is 2.15. The number of carbonyl (C=O) groups excluding carboxylic acids is 1. The number of carbonyl (C=O) groups is 1. The summed E-state index contributed by atoms with van der Waals surface area (Å²) < 4.78 is 6.69. The van der Waals surface area contributed by atoms with Gasteiger partial charge in [-0.25, -0.2) is 14.6 Å². The summed E-state index contributed by atoms with van der Waals surface area (Å²) in [4.78, 5) is 35.9. The maximum Gasteiger partial charge on any atom is 0.270 e. The second-order valence-corrected chi connectivity index (χ2v) is 7.32. The van der Waals surface area contributed by atoms with E-state index in [1.807, 2.05) is 17.5 Å². The Morgan fingerprint density at radius 1 is 1.21 bits per heavy atom. The second kappa shape index (κ2) is 8.93. The molecular formula is C19H20N6O3S. The predicted octanol–water partition coefficient (Wildman–Crippen LogP) is 1.03. The van der Waals surface area contributed by atoms with Gasteiger partial charge in [0.25, 0.3) is 11.5 Å². The number of ether oxygens (including phenoxy) is 1. The van der Waals surface area contributed by atoms with Crippen molar-refractivity contribution in [2.45, 2.75) is 6.54 Å². The molecule has 0 atom stereocenters. The number of nitrogens with one attached hydrogen (secondary N) is 1. The van der Waals surface area contributed by atoms with Crippen LogP contribution in [0.2, 0.25) is 0 Å². The molecule has 4 rings (SSSR count). The molecule has 0 aliphatic carbocycles. The lowest BCUT2D eigenvalue weighted by atomic mass is 10.3. The zero-order chi connectivity index (χ0) is 20.1. The molecule has 0 spiro atoms. The quantitative estimate of drug-likeness (QED) is 0.645. The Hall–Kier alpha value is -3.11. The van der Waals surface area contributed by atoms with Crippen LogP contribution in [-0.2, 0) is 11.3 Å². The Bertz CT molecular complexity index is 1030. The zero-order valence-corrected chi connectivity index (χ0v) is 16.5. The number of thiophene rings is 1. The van der Waals surface area contributed by atoms with E-state index in [0.29, 0.717) is 19.0 Å². The lowest BCUT2D eigenvalue weighted by Gasteiger charge is -2.27. The van der Waals surface area contributed by atoms with Gasteiger partial charge in [0.1, 0.15) is 23.5 Å². The van der Waals surface area contributed by atoms with E-state index in [9.17, 15) is 9.59 Å². The number of anilines is 1. The molecule has 0 aromatic carbocycles. The average Bonchev–Trinajstić information content (AvgIpc) is 3.31. The zero-order valence-electron chi connectivity index (χ0n) is 15.7. The van der Waals surface area contributed by atoms with Crippen molar-refractivity contribution in [3.63, 3.8) is 0 Å². The van der Waals surface area contributed by atoms with Gasteiger partial charge >= 0.3 is 0 Å². The van der Waals surface area contributed by atoms with E-state index >= 15 is 0 Å². The fourth-order valence-corrected chi connectivity index (χ4v) is 3.66. The van der Waals surface area contributed by atoms with Crippen LogP contribution in [0.4, 0.5) is 5.82 Å². The van der Waals surface area contributed by atoms with E-state index in [-0.39, 0.29) is 30.2 Å². The maximum absolute atomic E-state index is 12.5. The van der Waals surface area contributed by atoms with Crippen LogP contribution in [-0.4, -0.2) is 58.5 Å².